The van der Waals surface area contributed by atoms with Crippen molar-refractivity contribution in [2.75, 3.05) is 19.6 Å². The van der Waals surface area contributed by atoms with Gasteiger partial charge in [-0.25, -0.2) is 0 Å². The summed E-state index contributed by atoms with van der Waals surface area (Å²) in [6, 6.07) is 0.871. The normalized spacial score (nSPS) is 36.0. The second kappa shape index (κ2) is 5.50. The van der Waals surface area contributed by atoms with E-state index in [1.165, 1.54) is 64.6 Å². The fourth-order valence-corrected chi connectivity index (χ4v) is 3.73. The van der Waals surface area contributed by atoms with Crippen LogP contribution in [0.4, 0.5) is 0 Å². The van der Waals surface area contributed by atoms with E-state index in [-0.39, 0.29) is 0 Å². The molecule has 2 unspecified atom stereocenters. The van der Waals surface area contributed by atoms with Gasteiger partial charge in [0, 0.05) is 18.1 Å². The molecule has 16 heavy (non-hydrogen) atoms. The highest BCUT2D eigenvalue weighted by molar-refractivity contribution is 4.97. The highest BCUT2D eigenvalue weighted by atomic mass is 15.2. The molecule has 2 aliphatic rings. The van der Waals surface area contributed by atoms with Gasteiger partial charge in [-0.1, -0.05) is 20.3 Å². The first-order chi connectivity index (χ1) is 7.79. The molecule has 94 valence electrons. The Balaban J connectivity index is 1.94. The van der Waals surface area contributed by atoms with E-state index in [0.717, 1.165) is 6.04 Å². The maximum atomic E-state index is 3.80. The van der Waals surface area contributed by atoms with E-state index in [1.807, 2.05) is 0 Å². The summed E-state index contributed by atoms with van der Waals surface area (Å²) in [5, 5.41) is 3.80. The Kier molecular flexibility index (Phi) is 4.26. The van der Waals surface area contributed by atoms with Gasteiger partial charge < -0.3 is 5.32 Å². The molecule has 0 saturated carbocycles. The van der Waals surface area contributed by atoms with Crippen molar-refractivity contribution in [2.45, 2.75) is 70.4 Å². The van der Waals surface area contributed by atoms with E-state index in [9.17, 15) is 0 Å². The van der Waals surface area contributed by atoms with Gasteiger partial charge in [-0.3, -0.25) is 4.90 Å². The molecule has 2 rings (SSSR count). The monoisotopic (exact) mass is 224 g/mol. The summed E-state index contributed by atoms with van der Waals surface area (Å²) in [6.45, 7) is 8.55. The van der Waals surface area contributed by atoms with E-state index < -0.39 is 0 Å². The highest BCUT2D eigenvalue weighted by Gasteiger charge is 2.36. The first-order valence-electron chi connectivity index (χ1n) is 7.29. The molecule has 2 nitrogen and oxygen atoms in total. The lowest BCUT2D eigenvalue weighted by Crippen LogP contribution is -2.50. The molecule has 0 spiro atoms. The van der Waals surface area contributed by atoms with Crippen LogP contribution in [0, 0.1) is 0 Å². The number of rotatable bonds is 5. The van der Waals surface area contributed by atoms with Gasteiger partial charge in [0.25, 0.3) is 0 Å². The van der Waals surface area contributed by atoms with Crippen molar-refractivity contribution in [1.29, 1.82) is 0 Å². The van der Waals surface area contributed by atoms with Crippen LogP contribution in [0.5, 0.6) is 0 Å². The van der Waals surface area contributed by atoms with E-state index in [0.29, 0.717) is 5.54 Å². The van der Waals surface area contributed by atoms with Gasteiger partial charge in [0.15, 0.2) is 0 Å². The van der Waals surface area contributed by atoms with Crippen LogP contribution < -0.4 is 5.32 Å². The standard InChI is InChI=1S/C14H28N2/c1-3-8-14(9-6-10-15-14)12-16-11-5-7-13(16)4-2/h13,15H,3-12H2,1-2H3. The van der Waals surface area contributed by atoms with Gasteiger partial charge in [0.05, 0.1) is 0 Å². The lowest BCUT2D eigenvalue weighted by molar-refractivity contribution is 0.168. The van der Waals surface area contributed by atoms with Crippen LogP contribution >= 0.6 is 0 Å². The van der Waals surface area contributed by atoms with E-state index in [4.69, 9.17) is 0 Å². The second-order valence-corrected chi connectivity index (χ2v) is 5.74. The molecule has 1 N–H and O–H groups in total. The maximum absolute atomic E-state index is 3.80. The van der Waals surface area contributed by atoms with Gasteiger partial charge >= 0.3 is 0 Å². The Morgan fingerprint density at radius 2 is 2.19 bits per heavy atom. The van der Waals surface area contributed by atoms with Crippen LogP contribution in [0.2, 0.25) is 0 Å². The van der Waals surface area contributed by atoms with Crippen molar-refractivity contribution in [2.24, 2.45) is 0 Å². The van der Waals surface area contributed by atoms with Crippen LogP contribution in [0.3, 0.4) is 0 Å². The minimum absolute atomic E-state index is 0.465. The van der Waals surface area contributed by atoms with E-state index in [2.05, 4.69) is 24.1 Å². The van der Waals surface area contributed by atoms with Crippen molar-refractivity contribution in [3.8, 4) is 0 Å². The third-order valence-corrected chi connectivity index (χ3v) is 4.54. The molecule has 0 bridgehead atoms. The molecule has 0 amide bonds. The van der Waals surface area contributed by atoms with Gasteiger partial charge in [0.2, 0.25) is 0 Å². The molecule has 0 aromatic rings. The summed E-state index contributed by atoms with van der Waals surface area (Å²) in [4.78, 5) is 2.76. The minimum atomic E-state index is 0.465. The Morgan fingerprint density at radius 1 is 1.31 bits per heavy atom. The number of nitrogens with zero attached hydrogens (tertiary/aromatic N) is 1. The van der Waals surface area contributed by atoms with Gasteiger partial charge in [-0.2, -0.15) is 0 Å². The largest absolute Gasteiger partial charge is 0.310 e. The molecule has 2 fully saturated rings. The first-order valence-corrected chi connectivity index (χ1v) is 7.29. The van der Waals surface area contributed by atoms with E-state index >= 15 is 0 Å². The molecule has 0 aromatic carbocycles. The van der Waals surface area contributed by atoms with Crippen LogP contribution in [0.1, 0.15) is 58.8 Å². The van der Waals surface area contributed by atoms with Gasteiger partial charge in [-0.05, 0) is 51.6 Å². The van der Waals surface area contributed by atoms with Gasteiger partial charge in [-0.15, -0.1) is 0 Å². The molecule has 0 aromatic heterocycles. The molecular formula is C14H28N2. The summed E-state index contributed by atoms with van der Waals surface area (Å²) < 4.78 is 0. The van der Waals surface area contributed by atoms with Crippen LogP contribution in [-0.4, -0.2) is 36.1 Å². The zero-order valence-corrected chi connectivity index (χ0v) is 11.1. The van der Waals surface area contributed by atoms with Crippen LogP contribution in [0.15, 0.2) is 0 Å². The Morgan fingerprint density at radius 3 is 2.81 bits per heavy atom. The molecule has 2 aliphatic heterocycles. The molecule has 0 aliphatic carbocycles. The summed E-state index contributed by atoms with van der Waals surface area (Å²) in [7, 11) is 0. The number of likely N-dealkylation sites (tertiary alicyclic amines) is 1. The molecule has 2 heteroatoms. The SMILES string of the molecule is CCCC1(CN2CCCC2CC)CCCN1. The van der Waals surface area contributed by atoms with Crippen LogP contribution in [-0.2, 0) is 0 Å². The van der Waals surface area contributed by atoms with Crippen molar-refractivity contribution >= 4 is 0 Å². The maximum Gasteiger partial charge on any atom is 0.0309 e. The zero-order chi connectivity index (χ0) is 11.4. The van der Waals surface area contributed by atoms with Crippen molar-refractivity contribution in [3.63, 3.8) is 0 Å². The van der Waals surface area contributed by atoms with Crippen molar-refractivity contribution in [1.82, 2.24) is 10.2 Å². The minimum Gasteiger partial charge on any atom is -0.310 e. The molecular weight excluding hydrogens is 196 g/mol. The van der Waals surface area contributed by atoms with Crippen molar-refractivity contribution in [3.05, 3.63) is 0 Å². The second-order valence-electron chi connectivity index (χ2n) is 5.74. The molecule has 2 heterocycles. The predicted octanol–water partition coefficient (Wildman–Crippen LogP) is 2.78. The van der Waals surface area contributed by atoms with Gasteiger partial charge in [0.1, 0.15) is 0 Å². The quantitative estimate of drug-likeness (QED) is 0.772. The molecule has 2 atom stereocenters. The fourth-order valence-electron chi connectivity index (χ4n) is 3.73. The average Bonchev–Trinajstić information content (AvgIpc) is 2.89. The highest BCUT2D eigenvalue weighted by Crippen LogP contribution is 2.29. The summed E-state index contributed by atoms with van der Waals surface area (Å²) >= 11 is 0. The third kappa shape index (κ3) is 2.60. The summed E-state index contributed by atoms with van der Waals surface area (Å²) in [5.74, 6) is 0. The predicted molar refractivity (Wildman–Crippen MR) is 69.8 cm³/mol. The van der Waals surface area contributed by atoms with Crippen LogP contribution in [0.25, 0.3) is 0 Å². The Bertz CT molecular complexity index is 209. The van der Waals surface area contributed by atoms with Crippen molar-refractivity contribution < 1.29 is 0 Å². The summed E-state index contributed by atoms with van der Waals surface area (Å²) in [5.41, 5.74) is 0.465. The third-order valence-electron chi connectivity index (χ3n) is 4.54. The smallest absolute Gasteiger partial charge is 0.0309 e. The Labute approximate surface area is 101 Å². The zero-order valence-electron chi connectivity index (χ0n) is 11.1. The molecule has 0 radical (unpaired) electrons. The lowest BCUT2D eigenvalue weighted by atomic mass is 9.91. The van der Waals surface area contributed by atoms with E-state index in [1.54, 1.807) is 0 Å². The molecule has 2 saturated heterocycles. The topological polar surface area (TPSA) is 15.3 Å². The summed E-state index contributed by atoms with van der Waals surface area (Å²) in [6.07, 6.45) is 9.64. The fraction of sp³-hybridized carbons (Fsp3) is 1.00. The first kappa shape index (κ1) is 12.4. The number of hydrogen-bond donors (Lipinski definition) is 1. The number of nitrogens with one attached hydrogen (secondary N) is 1. The average molecular weight is 224 g/mol. The lowest BCUT2D eigenvalue weighted by Gasteiger charge is -2.36. The number of hydrogen-bond acceptors (Lipinski definition) is 2. The Hall–Kier alpha value is -0.0800.